The molecule has 3 atom stereocenters. The van der Waals surface area contributed by atoms with Crippen molar-refractivity contribution in [3.63, 3.8) is 0 Å². The van der Waals surface area contributed by atoms with Gasteiger partial charge in [0.2, 0.25) is 17.7 Å². The molecule has 9 nitrogen and oxygen atoms in total. The van der Waals surface area contributed by atoms with Gasteiger partial charge in [-0.15, -0.1) is 0 Å². The topological polar surface area (TPSA) is 128 Å². The molecule has 2 aliphatic rings. The molecule has 3 amide bonds. The maximum atomic E-state index is 12.1. The molecule has 24 heavy (non-hydrogen) atoms. The molecular formula is C15H24N4O5. The number of hydrogen-bond donors (Lipinski definition) is 4. The maximum Gasteiger partial charge on any atom is 0.326 e. The SMILES string of the molecule is C[C@H](NC(=O)[C@@H]1CCCN1)C(=O)NCC(=O)N1CCC[C@H]1C(=O)O. The fourth-order valence-electron chi connectivity index (χ4n) is 3.03. The van der Waals surface area contributed by atoms with Crippen molar-refractivity contribution < 1.29 is 24.3 Å². The molecule has 0 spiro atoms. The van der Waals surface area contributed by atoms with Crippen LogP contribution in [0.15, 0.2) is 0 Å². The second-order valence-corrected chi connectivity index (χ2v) is 6.18. The third kappa shape index (κ3) is 4.44. The van der Waals surface area contributed by atoms with Crippen LogP contribution < -0.4 is 16.0 Å². The number of amides is 3. The van der Waals surface area contributed by atoms with Gasteiger partial charge < -0.3 is 26.0 Å². The molecule has 0 saturated carbocycles. The first-order valence-corrected chi connectivity index (χ1v) is 8.24. The van der Waals surface area contributed by atoms with Crippen LogP contribution in [0.2, 0.25) is 0 Å². The van der Waals surface area contributed by atoms with E-state index in [-0.39, 0.29) is 18.5 Å². The molecule has 0 aliphatic carbocycles. The molecule has 2 aliphatic heterocycles. The Morgan fingerprint density at radius 2 is 2.00 bits per heavy atom. The first kappa shape index (κ1) is 18.2. The number of rotatable bonds is 6. The van der Waals surface area contributed by atoms with E-state index in [1.807, 2.05) is 0 Å². The van der Waals surface area contributed by atoms with Gasteiger partial charge in [0.25, 0.3) is 0 Å². The largest absolute Gasteiger partial charge is 0.480 e. The third-order valence-corrected chi connectivity index (χ3v) is 4.40. The Morgan fingerprint density at radius 1 is 1.25 bits per heavy atom. The standard InChI is InChI=1S/C15H24N4O5/c1-9(18-14(22)10-4-2-6-16-10)13(21)17-8-12(20)19-7-3-5-11(19)15(23)24/h9-11,16H,2-8H2,1H3,(H,17,21)(H,18,22)(H,23,24)/t9-,10-,11-/m0/s1. The normalized spacial score (nSPS) is 24.5. The fraction of sp³-hybridized carbons (Fsp3) is 0.733. The van der Waals surface area contributed by atoms with E-state index < -0.39 is 29.9 Å². The third-order valence-electron chi connectivity index (χ3n) is 4.40. The van der Waals surface area contributed by atoms with Crippen LogP contribution in [0.4, 0.5) is 0 Å². The Labute approximate surface area is 140 Å². The molecule has 0 radical (unpaired) electrons. The smallest absolute Gasteiger partial charge is 0.326 e. The molecule has 0 aromatic rings. The van der Waals surface area contributed by atoms with Crippen LogP contribution >= 0.6 is 0 Å². The second kappa shape index (κ2) is 8.09. The van der Waals surface area contributed by atoms with Gasteiger partial charge in [0.05, 0.1) is 12.6 Å². The zero-order valence-electron chi connectivity index (χ0n) is 13.7. The van der Waals surface area contributed by atoms with Crippen molar-refractivity contribution in [3.8, 4) is 0 Å². The highest BCUT2D eigenvalue weighted by Gasteiger charge is 2.34. The molecule has 2 fully saturated rings. The van der Waals surface area contributed by atoms with Crippen molar-refractivity contribution in [2.45, 2.75) is 50.7 Å². The summed E-state index contributed by atoms with van der Waals surface area (Å²) in [5.41, 5.74) is 0. The van der Waals surface area contributed by atoms with Gasteiger partial charge in [-0.1, -0.05) is 0 Å². The van der Waals surface area contributed by atoms with Gasteiger partial charge in [-0.3, -0.25) is 14.4 Å². The van der Waals surface area contributed by atoms with E-state index in [0.29, 0.717) is 19.4 Å². The van der Waals surface area contributed by atoms with Crippen molar-refractivity contribution >= 4 is 23.7 Å². The Balaban J connectivity index is 1.76. The van der Waals surface area contributed by atoms with Crippen LogP contribution in [0.3, 0.4) is 0 Å². The van der Waals surface area contributed by atoms with E-state index in [4.69, 9.17) is 5.11 Å². The minimum absolute atomic E-state index is 0.230. The van der Waals surface area contributed by atoms with E-state index in [2.05, 4.69) is 16.0 Å². The number of nitrogens with zero attached hydrogens (tertiary/aromatic N) is 1. The lowest BCUT2D eigenvalue weighted by atomic mass is 10.2. The zero-order valence-corrected chi connectivity index (χ0v) is 13.7. The van der Waals surface area contributed by atoms with Gasteiger partial charge in [-0.25, -0.2) is 4.79 Å². The second-order valence-electron chi connectivity index (χ2n) is 6.18. The molecule has 0 aromatic carbocycles. The van der Waals surface area contributed by atoms with Crippen LogP contribution in [0.1, 0.15) is 32.6 Å². The van der Waals surface area contributed by atoms with E-state index >= 15 is 0 Å². The first-order chi connectivity index (χ1) is 11.4. The Morgan fingerprint density at radius 3 is 2.62 bits per heavy atom. The number of hydrogen-bond acceptors (Lipinski definition) is 5. The molecule has 134 valence electrons. The minimum atomic E-state index is -1.03. The zero-order chi connectivity index (χ0) is 17.7. The number of nitrogens with one attached hydrogen (secondary N) is 3. The Hall–Kier alpha value is -2.16. The predicted octanol–water partition coefficient (Wildman–Crippen LogP) is -1.57. The van der Waals surface area contributed by atoms with Crippen molar-refractivity contribution in [2.24, 2.45) is 0 Å². The summed E-state index contributed by atoms with van der Waals surface area (Å²) in [4.78, 5) is 48.3. The number of carboxylic acids is 1. The molecule has 2 saturated heterocycles. The molecule has 2 heterocycles. The molecule has 0 bridgehead atoms. The van der Waals surface area contributed by atoms with E-state index in [1.165, 1.54) is 4.90 Å². The van der Waals surface area contributed by atoms with Gasteiger partial charge in [-0.2, -0.15) is 0 Å². The lowest BCUT2D eigenvalue weighted by molar-refractivity contribution is -0.148. The van der Waals surface area contributed by atoms with E-state index in [9.17, 15) is 19.2 Å². The van der Waals surface area contributed by atoms with Crippen molar-refractivity contribution in [1.29, 1.82) is 0 Å². The van der Waals surface area contributed by atoms with E-state index in [1.54, 1.807) is 6.92 Å². The highest BCUT2D eigenvalue weighted by atomic mass is 16.4. The number of carboxylic acid groups (broad SMARTS) is 1. The van der Waals surface area contributed by atoms with Gasteiger partial charge in [0.1, 0.15) is 12.1 Å². The predicted molar refractivity (Wildman–Crippen MR) is 84.0 cm³/mol. The summed E-state index contributed by atoms with van der Waals surface area (Å²) in [7, 11) is 0. The van der Waals surface area contributed by atoms with E-state index in [0.717, 1.165) is 19.4 Å². The average molecular weight is 340 g/mol. The summed E-state index contributed by atoms with van der Waals surface area (Å²) >= 11 is 0. The Bertz CT molecular complexity index is 518. The molecular weight excluding hydrogens is 316 g/mol. The van der Waals surface area contributed by atoms with Crippen LogP contribution in [-0.2, 0) is 19.2 Å². The van der Waals surface area contributed by atoms with Crippen LogP contribution in [0, 0.1) is 0 Å². The summed E-state index contributed by atoms with van der Waals surface area (Å²) in [6, 6.07) is -1.86. The molecule has 2 rings (SSSR count). The van der Waals surface area contributed by atoms with Crippen LogP contribution in [0.25, 0.3) is 0 Å². The Kier molecular flexibility index (Phi) is 6.13. The summed E-state index contributed by atoms with van der Waals surface area (Å²) in [6.45, 7) is 2.44. The van der Waals surface area contributed by atoms with Crippen LogP contribution in [0.5, 0.6) is 0 Å². The highest BCUT2D eigenvalue weighted by molar-refractivity contribution is 5.92. The maximum absolute atomic E-state index is 12.1. The molecule has 9 heteroatoms. The molecule has 4 N–H and O–H groups in total. The average Bonchev–Trinajstić information content (AvgIpc) is 3.22. The lowest BCUT2D eigenvalue weighted by Gasteiger charge is -2.22. The molecule has 0 unspecified atom stereocenters. The molecule has 0 aromatic heterocycles. The monoisotopic (exact) mass is 340 g/mol. The summed E-state index contributed by atoms with van der Waals surface area (Å²) in [6.07, 6.45) is 2.73. The van der Waals surface area contributed by atoms with Crippen LogP contribution in [-0.4, -0.2) is 71.5 Å². The van der Waals surface area contributed by atoms with Crippen molar-refractivity contribution in [2.75, 3.05) is 19.6 Å². The summed E-state index contributed by atoms with van der Waals surface area (Å²) in [5, 5.41) is 17.2. The van der Waals surface area contributed by atoms with Crippen molar-refractivity contribution in [3.05, 3.63) is 0 Å². The lowest BCUT2D eigenvalue weighted by Crippen LogP contribution is -2.52. The minimum Gasteiger partial charge on any atom is -0.480 e. The number of carbonyl (C=O) groups excluding carboxylic acids is 3. The summed E-state index contributed by atoms with van der Waals surface area (Å²) in [5.74, 6) is -2.16. The first-order valence-electron chi connectivity index (χ1n) is 8.24. The van der Waals surface area contributed by atoms with Crippen molar-refractivity contribution in [1.82, 2.24) is 20.9 Å². The van der Waals surface area contributed by atoms with Gasteiger partial charge in [0.15, 0.2) is 0 Å². The fourth-order valence-corrected chi connectivity index (χ4v) is 3.03. The van der Waals surface area contributed by atoms with Gasteiger partial charge in [-0.05, 0) is 39.2 Å². The number of aliphatic carboxylic acids is 1. The highest BCUT2D eigenvalue weighted by Crippen LogP contribution is 2.17. The quantitative estimate of drug-likeness (QED) is 0.463. The van der Waals surface area contributed by atoms with Gasteiger partial charge >= 0.3 is 5.97 Å². The number of likely N-dealkylation sites (tertiary alicyclic amines) is 1. The summed E-state index contributed by atoms with van der Waals surface area (Å²) < 4.78 is 0. The number of carbonyl (C=O) groups is 4. The van der Waals surface area contributed by atoms with Gasteiger partial charge in [0, 0.05) is 6.54 Å².